The van der Waals surface area contributed by atoms with Gasteiger partial charge in [0.25, 0.3) is 0 Å². The molecule has 0 saturated carbocycles. The van der Waals surface area contributed by atoms with Gasteiger partial charge in [-0.3, -0.25) is 5.32 Å². The van der Waals surface area contributed by atoms with Gasteiger partial charge in [-0.15, -0.1) is 0 Å². The summed E-state index contributed by atoms with van der Waals surface area (Å²) in [5.74, 6) is 0. The summed E-state index contributed by atoms with van der Waals surface area (Å²) in [6.07, 6.45) is 1.02. The van der Waals surface area contributed by atoms with Gasteiger partial charge in [0.1, 0.15) is 0 Å². The molecule has 0 spiro atoms. The van der Waals surface area contributed by atoms with Crippen LogP contribution in [-0.2, 0) is 11.2 Å². The van der Waals surface area contributed by atoms with Crippen LogP contribution in [0, 0.1) is 0 Å². The molecule has 0 unspecified atom stereocenters. The molecule has 0 aliphatic carbocycles. The first-order valence-electron chi connectivity index (χ1n) is 4.27. The lowest BCUT2D eigenvalue weighted by atomic mass is 10.1. The van der Waals surface area contributed by atoms with Crippen LogP contribution in [0.4, 0.5) is 0 Å². The highest BCUT2D eigenvalue weighted by Crippen LogP contribution is 2.15. The van der Waals surface area contributed by atoms with Gasteiger partial charge in [-0.25, -0.2) is 0 Å². The number of halogens is 1. The van der Waals surface area contributed by atoms with Crippen molar-refractivity contribution in [3.8, 4) is 0 Å². The molecule has 0 fully saturated rings. The maximum Gasteiger partial charge on any atom is 0.0961 e. The van der Waals surface area contributed by atoms with Crippen molar-refractivity contribution in [1.29, 1.82) is 0 Å². The lowest BCUT2D eigenvalue weighted by Gasteiger charge is -2.04. The maximum atomic E-state index is 4.89. The second kappa shape index (κ2) is 6.13. The van der Waals surface area contributed by atoms with Crippen molar-refractivity contribution in [2.75, 3.05) is 20.4 Å². The molecular weight excluding hydrogens is 230 g/mol. The molecule has 2 nitrogen and oxygen atoms in total. The first-order chi connectivity index (χ1) is 6.34. The van der Waals surface area contributed by atoms with Gasteiger partial charge in [0, 0.05) is 18.1 Å². The molecule has 1 rings (SSSR count). The molecule has 3 heteroatoms. The number of rotatable bonds is 5. The molecule has 0 saturated heterocycles. The number of hydrogen-bond donors (Lipinski definition) is 1. The van der Waals surface area contributed by atoms with E-state index >= 15 is 0 Å². The van der Waals surface area contributed by atoms with Crippen LogP contribution in [0.25, 0.3) is 0 Å². The molecule has 1 aromatic carbocycles. The number of benzene rings is 1. The topological polar surface area (TPSA) is 21.3 Å². The van der Waals surface area contributed by atoms with E-state index in [0.29, 0.717) is 6.73 Å². The number of nitrogens with one attached hydrogen (secondary N) is 1. The van der Waals surface area contributed by atoms with Gasteiger partial charge in [0.05, 0.1) is 6.73 Å². The van der Waals surface area contributed by atoms with Crippen molar-refractivity contribution >= 4 is 15.9 Å². The lowest BCUT2D eigenvalue weighted by molar-refractivity contribution is 0.176. The normalized spacial score (nSPS) is 10.3. The molecule has 72 valence electrons. The van der Waals surface area contributed by atoms with Gasteiger partial charge in [-0.2, -0.15) is 0 Å². The highest BCUT2D eigenvalue weighted by Gasteiger charge is 1.96. The van der Waals surface area contributed by atoms with Crippen LogP contribution in [0.5, 0.6) is 0 Å². The monoisotopic (exact) mass is 243 g/mol. The Morgan fingerprint density at radius 2 is 2.15 bits per heavy atom. The average Bonchev–Trinajstić information content (AvgIpc) is 2.15. The molecule has 0 heterocycles. The van der Waals surface area contributed by atoms with Crippen molar-refractivity contribution in [2.45, 2.75) is 6.42 Å². The molecule has 1 aromatic rings. The molecule has 0 aromatic heterocycles. The first-order valence-corrected chi connectivity index (χ1v) is 5.07. The molecule has 13 heavy (non-hydrogen) atoms. The van der Waals surface area contributed by atoms with E-state index in [4.69, 9.17) is 4.74 Å². The second-order valence-corrected chi connectivity index (χ2v) is 3.63. The van der Waals surface area contributed by atoms with Crippen molar-refractivity contribution in [1.82, 2.24) is 5.32 Å². The standard InChI is InChI=1S/C10H14BrNO/c1-13-8-12-7-6-9-4-2-3-5-10(9)11/h2-5,12H,6-8H2,1H3. The van der Waals surface area contributed by atoms with Crippen molar-refractivity contribution in [2.24, 2.45) is 0 Å². The summed E-state index contributed by atoms with van der Waals surface area (Å²) in [6.45, 7) is 1.56. The zero-order chi connectivity index (χ0) is 9.52. The van der Waals surface area contributed by atoms with Crippen LogP contribution in [0.3, 0.4) is 0 Å². The van der Waals surface area contributed by atoms with Gasteiger partial charge < -0.3 is 4.74 Å². The van der Waals surface area contributed by atoms with Gasteiger partial charge in [-0.05, 0) is 18.1 Å². The maximum absolute atomic E-state index is 4.89. The van der Waals surface area contributed by atoms with E-state index in [1.54, 1.807) is 7.11 Å². The van der Waals surface area contributed by atoms with Crippen LogP contribution >= 0.6 is 15.9 Å². The van der Waals surface area contributed by atoms with E-state index in [9.17, 15) is 0 Å². The fourth-order valence-electron chi connectivity index (χ4n) is 1.10. The highest BCUT2D eigenvalue weighted by atomic mass is 79.9. The Labute approximate surface area is 87.4 Å². The van der Waals surface area contributed by atoms with E-state index in [1.807, 2.05) is 6.07 Å². The number of methoxy groups -OCH3 is 1. The van der Waals surface area contributed by atoms with E-state index in [-0.39, 0.29) is 0 Å². The summed E-state index contributed by atoms with van der Waals surface area (Å²) >= 11 is 3.51. The quantitative estimate of drug-likeness (QED) is 0.633. The first kappa shape index (κ1) is 10.7. The largest absolute Gasteiger partial charge is 0.370 e. The fourth-order valence-corrected chi connectivity index (χ4v) is 1.58. The predicted octanol–water partition coefficient (Wildman–Crippen LogP) is 2.19. The average molecular weight is 244 g/mol. The summed E-state index contributed by atoms with van der Waals surface area (Å²) in [7, 11) is 1.69. The fraction of sp³-hybridized carbons (Fsp3) is 0.400. The minimum Gasteiger partial charge on any atom is -0.370 e. The van der Waals surface area contributed by atoms with Gasteiger partial charge in [0.15, 0.2) is 0 Å². The van der Waals surface area contributed by atoms with Crippen LogP contribution < -0.4 is 5.32 Å². The van der Waals surface area contributed by atoms with E-state index in [0.717, 1.165) is 13.0 Å². The van der Waals surface area contributed by atoms with Gasteiger partial charge in [-0.1, -0.05) is 34.1 Å². The molecule has 0 aliphatic rings. The summed E-state index contributed by atoms with van der Waals surface area (Å²) in [6, 6.07) is 8.26. The Bertz CT molecular complexity index is 252. The Balaban J connectivity index is 2.32. The highest BCUT2D eigenvalue weighted by molar-refractivity contribution is 9.10. The van der Waals surface area contributed by atoms with Crippen LogP contribution in [-0.4, -0.2) is 20.4 Å². The van der Waals surface area contributed by atoms with Crippen molar-refractivity contribution in [3.05, 3.63) is 34.3 Å². The summed E-state index contributed by atoms with van der Waals surface area (Å²) in [5, 5.41) is 3.17. The van der Waals surface area contributed by atoms with Crippen LogP contribution in [0.2, 0.25) is 0 Å². The summed E-state index contributed by atoms with van der Waals surface area (Å²) in [4.78, 5) is 0. The number of ether oxygens (including phenoxy) is 1. The zero-order valence-corrected chi connectivity index (χ0v) is 9.30. The smallest absolute Gasteiger partial charge is 0.0961 e. The molecular formula is C10H14BrNO. The van der Waals surface area contributed by atoms with Gasteiger partial charge in [0.2, 0.25) is 0 Å². The Kier molecular flexibility index (Phi) is 5.05. The lowest BCUT2D eigenvalue weighted by Crippen LogP contribution is -2.19. The third kappa shape index (κ3) is 3.89. The predicted molar refractivity (Wildman–Crippen MR) is 57.7 cm³/mol. The van der Waals surface area contributed by atoms with E-state index in [1.165, 1.54) is 10.0 Å². The zero-order valence-electron chi connectivity index (χ0n) is 7.72. The molecule has 0 atom stereocenters. The molecule has 0 amide bonds. The van der Waals surface area contributed by atoms with Crippen LogP contribution in [0.15, 0.2) is 28.7 Å². The molecule has 0 bridgehead atoms. The SMILES string of the molecule is COCNCCc1ccccc1Br. The van der Waals surface area contributed by atoms with E-state index < -0.39 is 0 Å². The Morgan fingerprint density at radius 3 is 2.85 bits per heavy atom. The minimum atomic E-state index is 0.616. The van der Waals surface area contributed by atoms with Crippen molar-refractivity contribution in [3.63, 3.8) is 0 Å². The summed E-state index contributed by atoms with van der Waals surface area (Å²) < 4.78 is 6.06. The number of hydrogen-bond acceptors (Lipinski definition) is 2. The minimum absolute atomic E-state index is 0.616. The summed E-state index contributed by atoms with van der Waals surface area (Å²) in [5.41, 5.74) is 1.33. The van der Waals surface area contributed by atoms with Gasteiger partial charge >= 0.3 is 0 Å². The Morgan fingerprint density at radius 1 is 1.38 bits per heavy atom. The van der Waals surface area contributed by atoms with Crippen molar-refractivity contribution < 1.29 is 4.74 Å². The third-order valence-electron chi connectivity index (χ3n) is 1.78. The molecule has 0 radical (unpaired) electrons. The van der Waals surface area contributed by atoms with Crippen LogP contribution in [0.1, 0.15) is 5.56 Å². The third-order valence-corrected chi connectivity index (χ3v) is 2.55. The molecule has 0 aliphatic heterocycles. The van der Waals surface area contributed by atoms with E-state index in [2.05, 4.69) is 39.4 Å². The Hall–Kier alpha value is -0.380. The second-order valence-electron chi connectivity index (χ2n) is 2.77. The molecule has 1 N–H and O–H groups in total.